The zero-order chi connectivity index (χ0) is 21.7. The first-order valence-electron chi connectivity index (χ1n) is 12.6. The van der Waals surface area contributed by atoms with E-state index in [1.807, 2.05) is 37.3 Å². The second-order valence-corrected chi connectivity index (χ2v) is 8.72. The summed E-state index contributed by atoms with van der Waals surface area (Å²) >= 11 is 0. The van der Waals surface area contributed by atoms with Gasteiger partial charge >= 0.3 is 5.97 Å². The molecule has 30 heavy (non-hydrogen) atoms. The highest BCUT2D eigenvalue weighted by Gasteiger charge is 2.13. The van der Waals surface area contributed by atoms with E-state index in [0.29, 0.717) is 6.61 Å². The zero-order valence-electron chi connectivity index (χ0n) is 19.7. The SMILES string of the molecule is CCCCCCCC/C=C/CCCCCCCCC(C)C(=O)OCc1ccccc1. The molecule has 1 atom stereocenters. The Bertz CT molecular complexity index is 535. The van der Waals surface area contributed by atoms with Crippen LogP contribution in [0.1, 0.15) is 116 Å². The van der Waals surface area contributed by atoms with E-state index in [2.05, 4.69) is 19.1 Å². The minimum Gasteiger partial charge on any atom is -0.461 e. The van der Waals surface area contributed by atoms with E-state index in [0.717, 1.165) is 18.4 Å². The normalized spacial score (nSPS) is 12.3. The molecule has 1 unspecified atom stereocenters. The van der Waals surface area contributed by atoms with Gasteiger partial charge in [-0.15, -0.1) is 0 Å². The Morgan fingerprint density at radius 3 is 1.93 bits per heavy atom. The van der Waals surface area contributed by atoms with Gasteiger partial charge in [0.05, 0.1) is 5.92 Å². The molecule has 0 saturated heterocycles. The summed E-state index contributed by atoms with van der Waals surface area (Å²) < 4.78 is 5.42. The van der Waals surface area contributed by atoms with Crippen LogP contribution in [0.4, 0.5) is 0 Å². The molecular weight excluding hydrogens is 368 g/mol. The van der Waals surface area contributed by atoms with E-state index in [1.54, 1.807) is 0 Å². The molecule has 0 bridgehead atoms. The molecule has 0 spiro atoms. The summed E-state index contributed by atoms with van der Waals surface area (Å²) in [4.78, 5) is 12.1. The number of esters is 1. The Balaban J connectivity index is 1.86. The van der Waals surface area contributed by atoms with Gasteiger partial charge in [-0.3, -0.25) is 4.79 Å². The second-order valence-electron chi connectivity index (χ2n) is 8.72. The van der Waals surface area contributed by atoms with Crippen LogP contribution in [0.2, 0.25) is 0 Å². The summed E-state index contributed by atoms with van der Waals surface area (Å²) in [6, 6.07) is 9.90. The number of benzene rings is 1. The summed E-state index contributed by atoms with van der Waals surface area (Å²) in [7, 11) is 0. The van der Waals surface area contributed by atoms with Gasteiger partial charge in [0, 0.05) is 0 Å². The summed E-state index contributed by atoms with van der Waals surface area (Å²) in [6.07, 6.45) is 24.1. The maximum atomic E-state index is 12.1. The van der Waals surface area contributed by atoms with Gasteiger partial charge in [-0.05, 0) is 37.7 Å². The predicted molar refractivity (Wildman–Crippen MR) is 129 cm³/mol. The average Bonchev–Trinajstić information content (AvgIpc) is 2.77. The summed E-state index contributed by atoms with van der Waals surface area (Å²) in [6.45, 7) is 4.65. The third-order valence-electron chi connectivity index (χ3n) is 5.78. The van der Waals surface area contributed by atoms with Crippen LogP contribution in [0.25, 0.3) is 0 Å². The first kappa shape index (κ1) is 26.5. The Hall–Kier alpha value is -1.57. The van der Waals surface area contributed by atoms with Crippen LogP contribution in [0.5, 0.6) is 0 Å². The maximum absolute atomic E-state index is 12.1. The molecule has 0 radical (unpaired) electrons. The monoisotopic (exact) mass is 414 g/mol. The van der Waals surface area contributed by atoms with E-state index in [9.17, 15) is 4.79 Å². The van der Waals surface area contributed by atoms with Crippen molar-refractivity contribution in [2.45, 2.75) is 117 Å². The molecule has 0 heterocycles. The lowest BCUT2D eigenvalue weighted by Gasteiger charge is -2.11. The lowest BCUT2D eigenvalue weighted by Crippen LogP contribution is -2.14. The number of allylic oxidation sites excluding steroid dienone is 2. The molecule has 0 fully saturated rings. The molecule has 1 rings (SSSR count). The van der Waals surface area contributed by atoms with Crippen molar-refractivity contribution < 1.29 is 9.53 Å². The number of carbonyl (C=O) groups is 1. The molecule has 0 N–H and O–H groups in total. The number of hydrogen-bond donors (Lipinski definition) is 0. The van der Waals surface area contributed by atoms with Gasteiger partial charge in [0.1, 0.15) is 6.61 Å². The minimum atomic E-state index is -0.0633. The van der Waals surface area contributed by atoms with Gasteiger partial charge in [-0.2, -0.15) is 0 Å². The molecule has 0 aliphatic carbocycles. The molecule has 0 aliphatic rings. The van der Waals surface area contributed by atoms with Crippen molar-refractivity contribution in [3.05, 3.63) is 48.0 Å². The van der Waals surface area contributed by atoms with E-state index in [4.69, 9.17) is 4.74 Å². The maximum Gasteiger partial charge on any atom is 0.308 e. The lowest BCUT2D eigenvalue weighted by molar-refractivity contribution is -0.149. The van der Waals surface area contributed by atoms with Crippen LogP contribution in [0.3, 0.4) is 0 Å². The molecular formula is C28H46O2. The minimum absolute atomic E-state index is 0.00509. The Morgan fingerprint density at radius 2 is 1.33 bits per heavy atom. The lowest BCUT2D eigenvalue weighted by atomic mass is 10.0. The van der Waals surface area contributed by atoms with E-state index < -0.39 is 0 Å². The van der Waals surface area contributed by atoms with Crippen molar-refractivity contribution in [3.63, 3.8) is 0 Å². The Kier molecular flexibility index (Phi) is 17.1. The highest BCUT2D eigenvalue weighted by molar-refractivity contribution is 5.71. The smallest absolute Gasteiger partial charge is 0.308 e. The van der Waals surface area contributed by atoms with Crippen molar-refractivity contribution in [3.8, 4) is 0 Å². The first-order valence-corrected chi connectivity index (χ1v) is 12.6. The summed E-state index contributed by atoms with van der Waals surface area (Å²) in [5.41, 5.74) is 1.05. The van der Waals surface area contributed by atoms with Crippen LogP contribution >= 0.6 is 0 Å². The van der Waals surface area contributed by atoms with E-state index >= 15 is 0 Å². The summed E-state index contributed by atoms with van der Waals surface area (Å²) in [5.74, 6) is -0.0582. The van der Waals surface area contributed by atoms with Gasteiger partial charge in [0.25, 0.3) is 0 Å². The third kappa shape index (κ3) is 15.3. The van der Waals surface area contributed by atoms with Crippen LogP contribution in [0, 0.1) is 5.92 Å². The quantitative estimate of drug-likeness (QED) is 0.128. The number of ether oxygens (including phenoxy) is 1. The fraction of sp³-hybridized carbons (Fsp3) is 0.679. The fourth-order valence-electron chi connectivity index (χ4n) is 3.69. The predicted octanol–water partition coefficient (Wildman–Crippen LogP) is 8.79. The number of hydrogen-bond acceptors (Lipinski definition) is 2. The van der Waals surface area contributed by atoms with Crippen LogP contribution in [0.15, 0.2) is 42.5 Å². The molecule has 1 aromatic rings. The Morgan fingerprint density at radius 1 is 0.800 bits per heavy atom. The third-order valence-corrected chi connectivity index (χ3v) is 5.78. The van der Waals surface area contributed by atoms with Crippen molar-refractivity contribution in [1.29, 1.82) is 0 Å². The molecule has 0 saturated carbocycles. The largest absolute Gasteiger partial charge is 0.461 e. The van der Waals surface area contributed by atoms with Gasteiger partial charge in [0.15, 0.2) is 0 Å². The number of carbonyl (C=O) groups excluding carboxylic acids is 1. The summed E-state index contributed by atoms with van der Waals surface area (Å²) in [5, 5.41) is 0. The van der Waals surface area contributed by atoms with Crippen molar-refractivity contribution in [2.75, 3.05) is 0 Å². The van der Waals surface area contributed by atoms with E-state index in [1.165, 1.54) is 83.5 Å². The first-order chi connectivity index (χ1) is 14.7. The fourth-order valence-corrected chi connectivity index (χ4v) is 3.69. The number of rotatable bonds is 19. The van der Waals surface area contributed by atoms with Crippen LogP contribution in [-0.2, 0) is 16.1 Å². The van der Waals surface area contributed by atoms with Gasteiger partial charge in [-0.25, -0.2) is 0 Å². The highest BCUT2D eigenvalue weighted by Crippen LogP contribution is 2.15. The average molecular weight is 415 g/mol. The van der Waals surface area contributed by atoms with Crippen molar-refractivity contribution >= 4 is 5.97 Å². The number of unbranched alkanes of at least 4 members (excludes halogenated alkanes) is 12. The topological polar surface area (TPSA) is 26.3 Å². The zero-order valence-corrected chi connectivity index (χ0v) is 19.7. The van der Waals surface area contributed by atoms with Crippen LogP contribution in [-0.4, -0.2) is 5.97 Å². The molecule has 170 valence electrons. The molecule has 0 amide bonds. The molecule has 2 heteroatoms. The second kappa shape index (κ2) is 19.4. The van der Waals surface area contributed by atoms with Crippen molar-refractivity contribution in [2.24, 2.45) is 5.92 Å². The van der Waals surface area contributed by atoms with Gasteiger partial charge < -0.3 is 4.74 Å². The molecule has 1 aromatic carbocycles. The van der Waals surface area contributed by atoms with E-state index in [-0.39, 0.29) is 11.9 Å². The van der Waals surface area contributed by atoms with Crippen LogP contribution < -0.4 is 0 Å². The highest BCUT2D eigenvalue weighted by atomic mass is 16.5. The Labute approximate surface area is 186 Å². The molecule has 0 aliphatic heterocycles. The van der Waals surface area contributed by atoms with Gasteiger partial charge in [-0.1, -0.05) is 121 Å². The van der Waals surface area contributed by atoms with Gasteiger partial charge in [0.2, 0.25) is 0 Å². The standard InChI is InChI=1S/C28H46O2/c1-3-4-5-6-7-8-9-10-11-12-13-14-15-16-17-19-22-26(2)28(29)30-25-27-23-20-18-21-24-27/h10-11,18,20-21,23-24,26H,3-9,12-17,19,22,25H2,1-2H3/b11-10+. The molecule has 0 aromatic heterocycles. The van der Waals surface area contributed by atoms with Crippen molar-refractivity contribution in [1.82, 2.24) is 0 Å². The molecule has 2 nitrogen and oxygen atoms in total.